The number of ether oxygens (including phenoxy) is 1. The molecule has 3 heteroatoms. The summed E-state index contributed by atoms with van der Waals surface area (Å²) in [5.41, 5.74) is -0.207. The SMILES string of the molecule is CN1CC(C)(COC(=O)C(C)(C)C)C1. The van der Waals surface area contributed by atoms with Crippen LogP contribution in [0.5, 0.6) is 0 Å². The molecule has 1 rings (SSSR count). The highest BCUT2D eigenvalue weighted by Gasteiger charge is 2.38. The van der Waals surface area contributed by atoms with Crippen molar-refractivity contribution in [3.8, 4) is 0 Å². The van der Waals surface area contributed by atoms with Crippen molar-refractivity contribution in [3.05, 3.63) is 0 Å². The Kier molecular flexibility index (Phi) is 2.91. The molecule has 0 atom stereocenters. The zero-order valence-corrected chi connectivity index (χ0v) is 9.89. The number of nitrogens with zero attached hydrogens (tertiary/aromatic N) is 1. The molecule has 0 amide bonds. The first-order chi connectivity index (χ1) is 6.23. The second kappa shape index (κ2) is 3.54. The first kappa shape index (κ1) is 11.5. The summed E-state index contributed by atoms with van der Waals surface area (Å²) >= 11 is 0. The average Bonchev–Trinajstić information content (AvgIpc) is 1.95. The number of carbonyl (C=O) groups is 1. The van der Waals surface area contributed by atoms with Crippen molar-refractivity contribution in [2.75, 3.05) is 26.7 Å². The highest BCUT2D eigenvalue weighted by Crippen LogP contribution is 2.29. The van der Waals surface area contributed by atoms with Gasteiger partial charge in [-0.25, -0.2) is 0 Å². The van der Waals surface area contributed by atoms with Gasteiger partial charge < -0.3 is 9.64 Å². The normalized spacial score (nSPS) is 21.5. The number of carbonyl (C=O) groups excluding carboxylic acids is 1. The predicted octanol–water partition coefficient (Wildman–Crippen LogP) is 1.53. The molecule has 0 aromatic carbocycles. The minimum absolute atomic E-state index is 0.103. The Morgan fingerprint density at radius 3 is 2.29 bits per heavy atom. The molecule has 3 nitrogen and oxygen atoms in total. The van der Waals surface area contributed by atoms with E-state index in [0.717, 1.165) is 13.1 Å². The van der Waals surface area contributed by atoms with Gasteiger partial charge in [0.15, 0.2) is 0 Å². The van der Waals surface area contributed by atoms with E-state index in [-0.39, 0.29) is 16.8 Å². The Labute approximate surface area is 86.4 Å². The van der Waals surface area contributed by atoms with Gasteiger partial charge in [-0.2, -0.15) is 0 Å². The molecule has 1 fully saturated rings. The molecule has 14 heavy (non-hydrogen) atoms. The van der Waals surface area contributed by atoms with E-state index in [1.165, 1.54) is 0 Å². The van der Waals surface area contributed by atoms with Gasteiger partial charge in [0.1, 0.15) is 0 Å². The van der Waals surface area contributed by atoms with Crippen molar-refractivity contribution in [2.45, 2.75) is 27.7 Å². The van der Waals surface area contributed by atoms with E-state index >= 15 is 0 Å². The van der Waals surface area contributed by atoms with Crippen LogP contribution in [0.3, 0.4) is 0 Å². The third-order valence-electron chi connectivity index (χ3n) is 2.47. The fraction of sp³-hybridized carbons (Fsp3) is 0.909. The van der Waals surface area contributed by atoms with E-state index in [9.17, 15) is 4.79 Å². The van der Waals surface area contributed by atoms with E-state index in [1.54, 1.807) is 0 Å². The molecule has 1 aliphatic rings. The Morgan fingerprint density at radius 1 is 1.43 bits per heavy atom. The second-order valence-electron chi connectivity index (χ2n) is 5.81. The summed E-state index contributed by atoms with van der Waals surface area (Å²) < 4.78 is 5.30. The van der Waals surface area contributed by atoms with Crippen molar-refractivity contribution in [2.24, 2.45) is 10.8 Å². The fourth-order valence-corrected chi connectivity index (χ4v) is 1.80. The van der Waals surface area contributed by atoms with Crippen LogP contribution in [0, 0.1) is 10.8 Å². The quantitative estimate of drug-likeness (QED) is 0.632. The lowest BCUT2D eigenvalue weighted by Crippen LogP contribution is -2.55. The number of esters is 1. The van der Waals surface area contributed by atoms with Crippen LogP contribution in [0.2, 0.25) is 0 Å². The Hall–Kier alpha value is -0.570. The number of hydrogen-bond acceptors (Lipinski definition) is 3. The van der Waals surface area contributed by atoms with Crippen molar-refractivity contribution in [1.82, 2.24) is 4.90 Å². The van der Waals surface area contributed by atoms with Crippen LogP contribution in [-0.2, 0) is 9.53 Å². The van der Waals surface area contributed by atoms with Gasteiger partial charge in [-0.05, 0) is 27.8 Å². The van der Waals surface area contributed by atoms with E-state index in [2.05, 4.69) is 18.9 Å². The van der Waals surface area contributed by atoms with E-state index in [4.69, 9.17) is 4.74 Å². The van der Waals surface area contributed by atoms with Crippen LogP contribution in [-0.4, -0.2) is 37.6 Å². The molecule has 0 N–H and O–H groups in total. The fourth-order valence-electron chi connectivity index (χ4n) is 1.80. The maximum Gasteiger partial charge on any atom is 0.311 e. The van der Waals surface area contributed by atoms with Crippen molar-refractivity contribution < 1.29 is 9.53 Å². The van der Waals surface area contributed by atoms with E-state index in [1.807, 2.05) is 20.8 Å². The lowest BCUT2D eigenvalue weighted by Gasteiger charge is -2.45. The predicted molar refractivity (Wildman–Crippen MR) is 56.0 cm³/mol. The minimum Gasteiger partial charge on any atom is -0.465 e. The molecule has 0 unspecified atom stereocenters. The van der Waals surface area contributed by atoms with Gasteiger partial charge in [-0.3, -0.25) is 4.79 Å². The number of rotatable bonds is 2. The third-order valence-corrected chi connectivity index (χ3v) is 2.47. The van der Waals surface area contributed by atoms with Gasteiger partial charge in [0.05, 0.1) is 12.0 Å². The van der Waals surface area contributed by atoms with Gasteiger partial charge in [0, 0.05) is 18.5 Å². The highest BCUT2D eigenvalue weighted by atomic mass is 16.5. The molecule has 0 aliphatic carbocycles. The van der Waals surface area contributed by atoms with Gasteiger partial charge in [0.2, 0.25) is 0 Å². The molecule has 1 heterocycles. The highest BCUT2D eigenvalue weighted by molar-refractivity contribution is 5.75. The largest absolute Gasteiger partial charge is 0.465 e. The number of likely N-dealkylation sites (tertiary alicyclic amines) is 1. The Bertz CT molecular complexity index is 224. The Morgan fingerprint density at radius 2 is 1.93 bits per heavy atom. The molecule has 0 saturated carbocycles. The van der Waals surface area contributed by atoms with Crippen molar-refractivity contribution >= 4 is 5.97 Å². The summed E-state index contributed by atoms with van der Waals surface area (Å²) in [5, 5.41) is 0. The molecule has 82 valence electrons. The molecule has 0 bridgehead atoms. The zero-order chi connectivity index (χ0) is 11.0. The van der Waals surface area contributed by atoms with Crippen molar-refractivity contribution in [3.63, 3.8) is 0 Å². The second-order valence-corrected chi connectivity index (χ2v) is 5.81. The first-order valence-corrected chi connectivity index (χ1v) is 5.09. The molecular formula is C11H21NO2. The van der Waals surface area contributed by atoms with Gasteiger partial charge in [0.25, 0.3) is 0 Å². The smallest absolute Gasteiger partial charge is 0.311 e. The molecular weight excluding hydrogens is 178 g/mol. The molecule has 1 saturated heterocycles. The minimum atomic E-state index is -0.383. The van der Waals surface area contributed by atoms with E-state index in [0.29, 0.717) is 6.61 Å². The van der Waals surface area contributed by atoms with E-state index < -0.39 is 0 Å². The number of hydrogen-bond donors (Lipinski definition) is 0. The lowest BCUT2D eigenvalue weighted by atomic mass is 9.83. The molecule has 0 aromatic rings. The van der Waals surface area contributed by atoms with Crippen LogP contribution < -0.4 is 0 Å². The molecule has 1 aliphatic heterocycles. The summed E-state index contributed by atoms with van der Waals surface area (Å²) in [6, 6.07) is 0. The summed E-state index contributed by atoms with van der Waals surface area (Å²) in [6.07, 6.45) is 0. The standard InChI is InChI=1S/C11H21NO2/c1-10(2,3)9(13)14-8-11(4)6-12(5)7-11/h6-8H2,1-5H3. The summed E-state index contributed by atoms with van der Waals surface area (Å²) in [4.78, 5) is 13.7. The van der Waals surface area contributed by atoms with Gasteiger partial charge in [-0.1, -0.05) is 6.92 Å². The lowest BCUT2D eigenvalue weighted by molar-refractivity contribution is -0.160. The molecule has 0 aromatic heterocycles. The molecule has 0 spiro atoms. The maximum absolute atomic E-state index is 11.5. The van der Waals surface area contributed by atoms with Gasteiger partial charge in [-0.15, -0.1) is 0 Å². The van der Waals surface area contributed by atoms with Crippen LogP contribution >= 0.6 is 0 Å². The van der Waals surface area contributed by atoms with Crippen molar-refractivity contribution in [1.29, 1.82) is 0 Å². The monoisotopic (exact) mass is 199 g/mol. The summed E-state index contributed by atoms with van der Waals surface area (Å²) in [6.45, 7) is 10.4. The van der Waals surface area contributed by atoms with Crippen LogP contribution in [0.1, 0.15) is 27.7 Å². The summed E-state index contributed by atoms with van der Waals surface area (Å²) in [7, 11) is 2.08. The zero-order valence-electron chi connectivity index (χ0n) is 9.89. The first-order valence-electron chi connectivity index (χ1n) is 5.09. The van der Waals surface area contributed by atoms with Crippen LogP contribution in [0.15, 0.2) is 0 Å². The summed E-state index contributed by atoms with van der Waals surface area (Å²) in [5.74, 6) is -0.103. The third kappa shape index (κ3) is 2.71. The van der Waals surface area contributed by atoms with Crippen LogP contribution in [0.4, 0.5) is 0 Å². The molecule has 0 radical (unpaired) electrons. The van der Waals surface area contributed by atoms with Crippen LogP contribution in [0.25, 0.3) is 0 Å². The Balaban J connectivity index is 2.31. The topological polar surface area (TPSA) is 29.5 Å². The average molecular weight is 199 g/mol. The van der Waals surface area contributed by atoms with Gasteiger partial charge >= 0.3 is 5.97 Å². The maximum atomic E-state index is 11.5.